The Morgan fingerprint density at radius 1 is 1.29 bits per heavy atom. The van der Waals surface area contributed by atoms with E-state index in [1.807, 2.05) is 38.1 Å². The van der Waals surface area contributed by atoms with Gasteiger partial charge in [0, 0.05) is 17.1 Å². The van der Waals surface area contributed by atoms with Crippen LogP contribution in [-0.2, 0) is 10.5 Å². The van der Waals surface area contributed by atoms with Gasteiger partial charge in [0.2, 0.25) is 11.8 Å². The Bertz CT molecular complexity index is 740. The van der Waals surface area contributed by atoms with Crippen molar-refractivity contribution in [1.82, 2.24) is 10.3 Å². The van der Waals surface area contributed by atoms with Crippen molar-refractivity contribution in [2.24, 2.45) is 11.7 Å². The third-order valence-electron chi connectivity index (χ3n) is 4.62. The molecule has 0 fully saturated rings. The summed E-state index contributed by atoms with van der Waals surface area (Å²) in [6, 6.07) is 7.39. The van der Waals surface area contributed by atoms with E-state index in [2.05, 4.69) is 24.1 Å². The number of aromatic nitrogens is 1. The first-order chi connectivity index (χ1) is 12.2. The minimum atomic E-state index is -0.406. The maximum Gasteiger partial charge on any atom is 0.233 e. The van der Waals surface area contributed by atoms with E-state index in [0.717, 1.165) is 5.56 Å². The lowest BCUT2D eigenvalue weighted by molar-refractivity contribution is -0.122. The number of benzene rings is 1. The van der Waals surface area contributed by atoms with Crippen LogP contribution in [-0.4, -0.2) is 28.2 Å². The Labute approximate surface area is 188 Å². The van der Waals surface area contributed by atoms with E-state index in [-0.39, 0.29) is 41.9 Å². The minimum absolute atomic E-state index is 0. The highest BCUT2D eigenvalue weighted by molar-refractivity contribution is 7.99. The number of nitrogens with one attached hydrogen (secondary N) is 1. The van der Waals surface area contributed by atoms with Gasteiger partial charge in [-0.3, -0.25) is 4.79 Å². The van der Waals surface area contributed by atoms with E-state index in [1.54, 1.807) is 6.20 Å². The molecule has 28 heavy (non-hydrogen) atoms. The number of hydrogen-bond acceptors (Lipinski definition) is 5. The monoisotopic (exact) mass is 467 g/mol. The first-order valence-corrected chi connectivity index (χ1v) is 10.0. The Morgan fingerprint density at radius 2 is 1.89 bits per heavy atom. The largest absolute Gasteiger partial charge is 0.440 e. The van der Waals surface area contributed by atoms with Gasteiger partial charge in [0.05, 0.1) is 22.7 Å². The summed E-state index contributed by atoms with van der Waals surface area (Å²) < 4.78 is 5.77. The fraction of sp³-hybridized carbons (Fsp3) is 0.474. The highest BCUT2D eigenvalue weighted by atomic mass is 35.5. The number of carbonyl (C=O) groups excluding carboxylic acids is 1. The van der Waals surface area contributed by atoms with Crippen LogP contribution in [0.4, 0.5) is 0 Å². The zero-order valence-corrected chi connectivity index (χ0v) is 19.6. The summed E-state index contributed by atoms with van der Waals surface area (Å²) >= 11 is 7.38. The van der Waals surface area contributed by atoms with Crippen LogP contribution in [0.25, 0.3) is 11.3 Å². The molecular weight excluding hydrogens is 441 g/mol. The molecule has 1 heterocycles. The van der Waals surface area contributed by atoms with Crippen molar-refractivity contribution in [2.45, 2.75) is 44.2 Å². The molecule has 1 aromatic carbocycles. The molecule has 0 saturated carbocycles. The highest BCUT2D eigenvalue weighted by Gasteiger charge is 2.30. The van der Waals surface area contributed by atoms with Crippen LogP contribution < -0.4 is 11.1 Å². The van der Waals surface area contributed by atoms with Crippen LogP contribution in [0, 0.1) is 5.92 Å². The summed E-state index contributed by atoms with van der Waals surface area (Å²) in [6.45, 7) is 8.35. The molecule has 9 heteroatoms. The van der Waals surface area contributed by atoms with E-state index in [4.69, 9.17) is 21.8 Å². The molecule has 0 aliphatic heterocycles. The number of oxazole rings is 1. The Balaban J connectivity index is 0.00000364. The predicted octanol–water partition coefficient (Wildman–Crippen LogP) is 4.95. The Hall–Kier alpha value is -0.920. The molecule has 1 aromatic heterocycles. The molecule has 2 rings (SSSR count). The van der Waals surface area contributed by atoms with E-state index in [1.165, 1.54) is 11.8 Å². The predicted molar refractivity (Wildman–Crippen MR) is 123 cm³/mol. The number of thioether (sulfide) groups is 1. The molecule has 0 spiro atoms. The van der Waals surface area contributed by atoms with E-state index in [0.29, 0.717) is 29.0 Å². The second-order valence-corrected chi connectivity index (χ2v) is 8.61. The van der Waals surface area contributed by atoms with Crippen LogP contribution in [0.5, 0.6) is 0 Å². The van der Waals surface area contributed by atoms with Gasteiger partial charge >= 0.3 is 0 Å². The summed E-state index contributed by atoms with van der Waals surface area (Å²) in [4.78, 5) is 16.7. The molecule has 0 bridgehead atoms. The minimum Gasteiger partial charge on any atom is -0.440 e. The van der Waals surface area contributed by atoms with Crippen molar-refractivity contribution in [3.8, 4) is 11.3 Å². The standard InChI is InChI=1S/C19H26ClN3O2S.2ClH/c1-12(2)19(4,11-21)23-18(24)13(3)26-10-17-22-9-16(25-17)14-5-7-15(20)8-6-14;;/h5-9,12-13H,10-11,21H2,1-4H3,(H,23,24);2*1H. The number of carbonyl (C=O) groups is 1. The highest BCUT2D eigenvalue weighted by Crippen LogP contribution is 2.25. The fourth-order valence-corrected chi connectivity index (χ4v) is 3.07. The molecule has 0 aliphatic carbocycles. The number of rotatable bonds is 8. The van der Waals surface area contributed by atoms with Crippen molar-refractivity contribution in [3.05, 3.63) is 41.4 Å². The maximum absolute atomic E-state index is 12.5. The second-order valence-electron chi connectivity index (χ2n) is 6.84. The SMILES string of the molecule is CC(SCc1ncc(-c2ccc(Cl)cc2)o1)C(=O)NC(C)(CN)C(C)C.Cl.Cl. The van der Waals surface area contributed by atoms with Crippen LogP contribution >= 0.6 is 48.2 Å². The molecule has 158 valence electrons. The number of hydrogen-bond donors (Lipinski definition) is 2. The van der Waals surface area contributed by atoms with E-state index >= 15 is 0 Å². The van der Waals surface area contributed by atoms with Crippen molar-refractivity contribution in [1.29, 1.82) is 0 Å². The van der Waals surface area contributed by atoms with Gasteiger partial charge in [-0.1, -0.05) is 25.4 Å². The average molecular weight is 469 g/mol. The molecule has 1 amide bonds. The van der Waals surface area contributed by atoms with Gasteiger partial charge in [-0.25, -0.2) is 4.98 Å². The Morgan fingerprint density at radius 3 is 2.43 bits per heavy atom. The van der Waals surface area contributed by atoms with Crippen LogP contribution in [0.1, 0.15) is 33.6 Å². The normalized spacial score (nSPS) is 13.8. The lowest BCUT2D eigenvalue weighted by Gasteiger charge is -2.34. The van der Waals surface area contributed by atoms with Gasteiger partial charge in [0.25, 0.3) is 0 Å². The molecular formula is C19H28Cl3N3O2S. The molecule has 2 atom stereocenters. The van der Waals surface area contributed by atoms with Gasteiger partial charge in [0.15, 0.2) is 5.76 Å². The topological polar surface area (TPSA) is 81.2 Å². The number of halogens is 3. The summed E-state index contributed by atoms with van der Waals surface area (Å²) in [6.07, 6.45) is 1.69. The Kier molecular flexibility index (Phi) is 11.5. The third-order valence-corrected chi connectivity index (χ3v) is 6.00. The third kappa shape index (κ3) is 7.16. The number of amides is 1. The van der Waals surface area contributed by atoms with Crippen molar-refractivity contribution in [3.63, 3.8) is 0 Å². The van der Waals surface area contributed by atoms with E-state index in [9.17, 15) is 4.79 Å². The quantitative estimate of drug-likeness (QED) is 0.573. The average Bonchev–Trinajstić information content (AvgIpc) is 3.08. The first kappa shape index (κ1) is 27.1. The van der Waals surface area contributed by atoms with Crippen LogP contribution in [0.3, 0.4) is 0 Å². The van der Waals surface area contributed by atoms with Gasteiger partial charge < -0.3 is 15.5 Å². The number of nitrogens with zero attached hydrogens (tertiary/aromatic N) is 1. The maximum atomic E-state index is 12.5. The van der Waals surface area contributed by atoms with Crippen molar-refractivity contribution >= 4 is 54.1 Å². The second kappa shape index (κ2) is 11.9. The zero-order chi connectivity index (χ0) is 19.3. The summed E-state index contributed by atoms with van der Waals surface area (Å²) in [5.41, 5.74) is 6.34. The van der Waals surface area contributed by atoms with Gasteiger partial charge in [-0.15, -0.1) is 36.6 Å². The van der Waals surface area contributed by atoms with Crippen molar-refractivity contribution in [2.75, 3.05) is 6.54 Å². The summed E-state index contributed by atoms with van der Waals surface area (Å²) in [7, 11) is 0. The molecule has 2 unspecified atom stereocenters. The van der Waals surface area contributed by atoms with Gasteiger partial charge in [-0.05, 0) is 44.0 Å². The molecule has 0 saturated heterocycles. The molecule has 2 aromatic rings. The van der Waals surface area contributed by atoms with Crippen LogP contribution in [0.2, 0.25) is 5.02 Å². The molecule has 0 aliphatic rings. The molecule has 3 N–H and O–H groups in total. The van der Waals surface area contributed by atoms with E-state index < -0.39 is 5.54 Å². The van der Waals surface area contributed by atoms with Gasteiger partial charge in [-0.2, -0.15) is 0 Å². The van der Waals surface area contributed by atoms with Crippen LogP contribution in [0.15, 0.2) is 34.9 Å². The molecule has 0 radical (unpaired) electrons. The van der Waals surface area contributed by atoms with Crippen molar-refractivity contribution < 1.29 is 9.21 Å². The summed E-state index contributed by atoms with van der Waals surface area (Å²) in [5.74, 6) is 2.02. The number of nitrogens with two attached hydrogens (primary N) is 1. The molecule has 5 nitrogen and oxygen atoms in total. The fourth-order valence-electron chi connectivity index (χ4n) is 2.21. The zero-order valence-electron chi connectivity index (χ0n) is 16.4. The lowest BCUT2D eigenvalue weighted by atomic mass is 9.88. The summed E-state index contributed by atoms with van der Waals surface area (Å²) in [5, 5.41) is 3.51. The van der Waals surface area contributed by atoms with Gasteiger partial charge in [0.1, 0.15) is 0 Å². The lowest BCUT2D eigenvalue weighted by Crippen LogP contribution is -2.56. The first-order valence-electron chi connectivity index (χ1n) is 8.59. The smallest absolute Gasteiger partial charge is 0.233 e.